The standard InChI is InChI=1S/C24H21N3O3/c28-22(25-15-18-9-3-1-4-10-18)17-27-21-14-8-7-13-20(21)26(23(29)24(27)30)16-19-11-5-2-6-12-19/h1-14H,15-17H2,(H,25,28). The molecule has 150 valence electrons. The number of fused-ring (bicyclic) bond motifs is 1. The Morgan fingerprint density at radius 1 is 0.667 bits per heavy atom. The zero-order valence-electron chi connectivity index (χ0n) is 16.3. The second kappa shape index (κ2) is 8.61. The van der Waals surface area contributed by atoms with Crippen LogP contribution in [0.25, 0.3) is 11.0 Å². The fourth-order valence-corrected chi connectivity index (χ4v) is 3.45. The molecule has 0 atom stereocenters. The summed E-state index contributed by atoms with van der Waals surface area (Å²) < 4.78 is 2.71. The molecule has 4 aromatic rings. The van der Waals surface area contributed by atoms with Crippen LogP contribution >= 0.6 is 0 Å². The van der Waals surface area contributed by atoms with Gasteiger partial charge >= 0.3 is 11.1 Å². The number of rotatable bonds is 6. The van der Waals surface area contributed by atoms with Crippen LogP contribution in [0.1, 0.15) is 11.1 Å². The maximum absolute atomic E-state index is 12.9. The van der Waals surface area contributed by atoms with Crippen molar-refractivity contribution in [3.63, 3.8) is 0 Å². The highest BCUT2D eigenvalue weighted by Crippen LogP contribution is 2.12. The van der Waals surface area contributed by atoms with Crippen LogP contribution in [-0.4, -0.2) is 15.0 Å². The quantitative estimate of drug-likeness (QED) is 0.507. The summed E-state index contributed by atoms with van der Waals surface area (Å²) in [4.78, 5) is 38.2. The van der Waals surface area contributed by atoms with Gasteiger partial charge in [0.15, 0.2) is 0 Å². The van der Waals surface area contributed by atoms with Gasteiger partial charge < -0.3 is 5.32 Å². The van der Waals surface area contributed by atoms with Crippen molar-refractivity contribution in [2.45, 2.75) is 19.6 Å². The Morgan fingerprint density at radius 2 is 1.17 bits per heavy atom. The van der Waals surface area contributed by atoms with Gasteiger partial charge in [-0.25, -0.2) is 0 Å². The average Bonchev–Trinajstić information content (AvgIpc) is 2.79. The van der Waals surface area contributed by atoms with Crippen molar-refractivity contribution in [3.8, 4) is 0 Å². The van der Waals surface area contributed by atoms with Crippen molar-refractivity contribution in [2.75, 3.05) is 0 Å². The van der Waals surface area contributed by atoms with E-state index in [1.165, 1.54) is 9.13 Å². The lowest BCUT2D eigenvalue weighted by Gasteiger charge is -2.15. The van der Waals surface area contributed by atoms with E-state index in [1.54, 1.807) is 18.2 Å². The number of nitrogens with zero attached hydrogens (tertiary/aromatic N) is 2. The first-order chi connectivity index (χ1) is 14.6. The summed E-state index contributed by atoms with van der Waals surface area (Å²) in [5.41, 5.74) is 1.69. The molecule has 1 aromatic heterocycles. The SMILES string of the molecule is O=C(Cn1c(=O)c(=O)n(Cc2ccccc2)c2ccccc21)NCc1ccccc1. The van der Waals surface area contributed by atoms with Crippen LogP contribution in [0, 0.1) is 0 Å². The van der Waals surface area contributed by atoms with Gasteiger partial charge in [0.05, 0.1) is 17.6 Å². The van der Waals surface area contributed by atoms with Crippen LogP contribution in [0.3, 0.4) is 0 Å². The zero-order chi connectivity index (χ0) is 20.9. The maximum atomic E-state index is 12.9. The minimum Gasteiger partial charge on any atom is -0.350 e. The first-order valence-electron chi connectivity index (χ1n) is 9.70. The fraction of sp³-hybridized carbons (Fsp3) is 0.125. The number of hydrogen-bond donors (Lipinski definition) is 1. The number of carbonyl (C=O) groups excluding carboxylic acids is 1. The third-order valence-corrected chi connectivity index (χ3v) is 4.95. The van der Waals surface area contributed by atoms with Crippen molar-refractivity contribution in [1.29, 1.82) is 0 Å². The predicted octanol–water partition coefficient (Wildman–Crippen LogP) is 2.53. The number of para-hydroxylation sites is 2. The molecule has 0 saturated heterocycles. The number of benzene rings is 3. The lowest BCUT2D eigenvalue weighted by molar-refractivity contribution is -0.121. The first-order valence-corrected chi connectivity index (χ1v) is 9.70. The van der Waals surface area contributed by atoms with Gasteiger partial charge in [0.25, 0.3) is 0 Å². The number of amides is 1. The van der Waals surface area contributed by atoms with Gasteiger partial charge in [0, 0.05) is 6.54 Å². The normalized spacial score (nSPS) is 10.8. The molecule has 4 rings (SSSR count). The van der Waals surface area contributed by atoms with Crippen molar-refractivity contribution in [1.82, 2.24) is 14.5 Å². The van der Waals surface area contributed by atoms with Crippen LogP contribution in [0.5, 0.6) is 0 Å². The highest BCUT2D eigenvalue weighted by molar-refractivity contribution is 5.80. The second-order valence-corrected chi connectivity index (χ2v) is 7.02. The topological polar surface area (TPSA) is 73.1 Å². The molecule has 6 heteroatoms. The summed E-state index contributed by atoms with van der Waals surface area (Å²) in [5.74, 6) is -0.327. The Hall–Kier alpha value is -3.93. The summed E-state index contributed by atoms with van der Waals surface area (Å²) in [6.45, 7) is 0.432. The maximum Gasteiger partial charge on any atom is 0.317 e. The van der Waals surface area contributed by atoms with Gasteiger partial charge in [0.1, 0.15) is 6.54 Å². The van der Waals surface area contributed by atoms with E-state index < -0.39 is 11.1 Å². The molecule has 0 fully saturated rings. The van der Waals surface area contributed by atoms with E-state index in [-0.39, 0.29) is 19.0 Å². The molecule has 0 bridgehead atoms. The highest BCUT2D eigenvalue weighted by Gasteiger charge is 2.15. The monoisotopic (exact) mass is 399 g/mol. The van der Waals surface area contributed by atoms with Crippen LogP contribution in [0.2, 0.25) is 0 Å². The summed E-state index contributed by atoms with van der Waals surface area (Å²) in [6.07, 6.45) is 0. The molecule has 6 nitrogen and oxygen atoms in total. The average molecular weight is 399 g/mol. The predicted molar refractivity (Wildman–Crippen MR) is 116 cm³/mol. The van der Waals surface area contributed by atoms with Crippen molar-refractivity contribution in [3.05, 3.63) is 117 Å². The lowest BCUT2D eigenvalue weighted by Crippen LogP contribution is -2.44. The van der Waals surface area contributed by atoms with E-state index in [9.17, 15) is 14.4 Å². The van der Waals surface area contributed by atoms with Gasteiger partial charge in [-0.15, -0.1) is 0 Å². The van der Waals surface area contributed by atoms with Gasteiger partial charge in [-0.2, -0.15) is 0 Å². The molecule has 1 amide bonds. The summed E-state index contributed by atoms with van der Waals surface area (Å²) in [6, 6.07) is 26.1. The number of hydrogen-bond acceptors (Lipinski definition) is 3. The molecule has 0 aliphatic carbocycles. The molecule has 30 heavy (non-hydrogen) atoms. The van der Waals surface area contributed by atoms with Gasteiger partial charge in [-0.1, -0.05) is 72.8 Å². The van der Waals surface area contributed by atoms with E-state index in [4.69, 9.17) is 0 Å². The third-order valence-electron chi connectivity index (χ3n) is 4.95. The molecule has 1 N–H and O–H groups in total. The molecule has 1 heterocycles. The highest BCUT2D eigenvalue weighted by atomic mass is 16.2. The van der Waals surface area contributed by atoms with Gasteiger partial charge in [-0.3, -0.25) is 23.5 Å². The van der Waals surface area contributed by atoms with E-state index in [1.807, 2.05) is 66.7 Å². The smallest absolute Gasteiger partial charge is 0.317 e. The lowest BCUT2D eigenvalue weighted by atomic mass is 10.2. The number of aromatic nitrogens is 2. The van der Waals surface area contributed by atoms with Crippen molar-refractivity contribution < 1.29 is 4.79 Å². The van der Waals surface area contributed by atoms with Crippen molar-refractivity contribution >= 4 is 16.9 Å². The third kappa shape index (κ3) is 4.07. The molecule has 0 spiro atoms. The van der Waals surface area contributed by atoms with Gasteiger partial charge in [0.2, 0.25) is 5.91 Å². The zero-order valence-corrected chi connectivity index (χ0v) is 16.3. The second-order valence-electron chi connectivity index (χ2n) is 7.02. The first kappa shape index (κ1) is 19.4. The van der Waals surface area contributed by atoms with E-state index in [0.29, 0.717) is 17.6 Å². The fourth-order valence-electron chi connectivity index (χ4n) is 3.45. The van der Waals surface area contributed by atoms with Crippen LogP contribution in [0.4, 0.5) is 0 Å². The Labute approximate surface area is 173 Å². The van der Waals surface area contributed by atoms with E-state index in [2.05, 4.69) is 5.32 Å². The largest absolute Gasteiger partial charge is 0.350 e. The van der Waals surface area contributed by atoms with Crippen LogP contribution in [-0.2, 0) is 24.4 Å². The number of nitrogens with one attached hydrogen (secondary N) is 1. The molecular formula is C24H21N3O3. The Morgan fingerprint density at radius 3 is 1.80 bits per heavy atom. The molecule has 0 aliphatic rings. The van der Waals surface area contributed by atoms with E-state index >= 15 is 0 Å². The Balaban J connectivity index is 1.67. The summed E-state index contributed by atoms with van der Waals surface area (Å²) in [5, 5.41) is 2.81. The van der Waals surface area contributed by atoms with Gasteiger partial charge in [-0.05, 0) is 23.3 Å². The minimum atomic E-state index is -0.709. The van der Waals surface area contributed by atoms with E-state index in [0.717, 1.165) is 11.1 Å². The molecule has 0 aliphatic heterocycles. The Bertz CT molecular complexity index is 1290. The molecule has 0 unspecified atom stereocenters. The number of carbonyl (C=O) groups is 1. The molecule has 3 aromatic carbocycles. The molecular weight excluding hydrogens is 378 g/mol. The summed E-state index contributed by atoms with van der Waals surface area (Å²) in [7, 11) is 0. The van der Waals surface area contributed by atoms with Crippen LogP contribution in [0.15, 0.2) is 94.5 Å². The van der Waals surface area contributed by atoms with Crippen LogP contribution < -0.4 is 16.4 Å². The molecule has 0 saturated carbocycles. The molecule has 0 radical (unpaired) electrons. The minimum absolute atomic E-state index is 0.215. The Kier molecular flexibility index (Phi) is 5.57. The van der Waals surface area contributed by atoms with Crippen molar-refractivity contribution in [2.24, 2.45) is 0 Å². The summed E-state index contributed by atoms with van der Waals surface area (Å²) >= 11 is 0.